The summed E-state index contributed by atoms with van der Waals surface area (Å²) in [5, 5.41) is 22.7. The van der Waals surface area contributed by atoms with Gasteiger partial charge in [-0.25, -0.2) is 4.79 Å². The van der Waals surface area contributed by atoms with Gasteiger partial charge in [0.2, 0.25) is 5.91 Å². The number of benzene rings is 1. The minimum atomic E-state index is -1.09. The van der Waals surface area contributed by atoms with Crippen molar-refractivity contribution in [2.24, 2.45) is 5.92 Å². The molecular formula is C20H21N3O6S. The third-order valence-corrected chi connectivity index (χ3v) is 7.18. The van der Waals surface area contributed by atoms with Gasteiger partial charge in [-0.3, -0.25) is 24.6 Å². The first-order valence-electron chi connectivity index (χ1n) is 9.80. The number of rotatable bonds is 6. The topological polar surface area (TPSA) is 130 Å². The number of nitro groups is 1. The van der Waals surface area contributed by atoms with Crippen LogP contribution in [0, 0.1) is 16.0 Å². The molecule has 0 spiro atoms. The number of nitrogens with zero attached hydrogens (tertiary/aromatic N) is 2. The van der Waals surface area contributed by atoms with E-state index in [4.69, 9.17) is 0 Å². The number of hydrogen-bond donors (Lipinski definition) is 2. The van der Waals surface area contributed by atoms with Gasteiger partial charge < -0.3 is 10.4 Å². The van der Waals surface area contributed by atoms with Gasteiger partial charge in [0, 0.05) is 17.9 Å². The van der Waals surface area contributed by atoms with E-state index in [1.54, 1.807) is 0 Å². The number of carbonyl (C=O) groups excluding carboxylic acids is 2. The highest BCUT2D eigenvalue weighted by molar-refractivity contribution is 8.00. The van der Waals surface area contributed by atoms with E-state index in [0.717, 1.165) is 31.3 Å². The number of carboxylic acid groups (broad SMARTS) is 1. The molecule has 0 unspecified atom stereocenters. The van der Waals surface area contributed by atoms with Crippen molar-refractivity contribution in [3.8, 4) is 0 Å². The summed E-state index contributed by atoms with van der Waals surface area (Å²) in [7, 11) is 0. The van der Waals surface area contributed by atoms with Gasteiger partial charge in [-0.15, -0.1) is 11.8 Å². The van der Waals surface area contributed by atoms with Crippen LogP contribution >= 0.6 is 11.8 Å². The number of carboxylic acids is 1. The zero-order valence-corrected chi connectivity index (χ0v) is 16.9. The maximum absolute atomic E-state index is 12.7. The third kappa shape index (κ3) is 3.67. The monoisotopic (exact) mass is 431 g/mol. The molecule has 2 heterocycles. The molecule has 2 fully saturated rings. The molecular weight excluding hydrogens is 410 g/mol. The highest BCUT2D eigenvalue weighted by Crippen LogP contribution is 2.45. The lowest BCUT2D eigenvalue weighted by Crippen LogP contribution is -2.70. The number of carbonyl (C=O) groups is 3. The summed E-state index contributed by atoms with van der Waals surface area (Å²) in [6, 6.07) is 4.89. The summed E-state index contributed by atoms with van der Waals surface area (Å²) < 4.78 is 0. The fourth-order valence-electron chi connectivity index (χ4n) is 4.37. The van der Waals surface area contributed by atoms with Crippen LogP contribution in [0.3, 0.4) is 0 Å². The van der Waals surface area contributed by atoms with E-state index < -0.39 is 28.2 Å². The summed E-state index contributed by atoms with van der Waals surface area (Å²) in [5.41, 5.74) is 1.46. The van der Waals surface area contributed by atoms with Gasteiger partial charge in [0.05, 0.1) is 11.3 Å². The van der Waals surface area contributed by atoms with Gasteiger partial charge in [-0.2, -0.15) is 0 Å². The summed E-state index contributed by atoms with van der Waals surface area (Å²) >= 11 is 1.49. The Balaban J connectivity index is 1.43. The Bertz CT molecular complexity index is 938. The lowest BCUT2D eigenvalue weighted by molar-refractivity contribution is -0.384. The van der Waals surface area contributed by atoms with Crippen LogP contribution < -0.4 is 5.32 Å². The fraction of sp³-hybridized carbons (Fsp3) is 0.450. The molecule has 0 radical (unpaired) electrons. The standard InChI is InChI=1S/C20H21N3O6S/c24-15(9-11-5-7-13(8-6-11)23(28)29)21-16-18(25)22-17(20(26)27)14(10-30-19(16)22)12-3-1-2-4-12/h5-8,12,16,19H,1-4,9-10H2,(H,21,24)(H,26,27)/t16-,19+/m0/s1. The van der Waals surface area contributed by atoms with Crippen molar-refractivity contribution in [1.82, 2.24) is 10.2 Å². The van der Waals surface area contributed by atoms with Crippen molar-refractivity contribution in [3.63, 3.8) is 0 Å². The molecule has 2 N–H and O–H groups in total. The predicted molar refractivity (Wildman–Crippen MR) is 108 cm³/mol. The second kappa shape index (κ2) is 8.10. The Morgan fingerprint density at radius 3 is 2.50 bits per heavy atom. The average Bonchev–Trinajstić information content (AvgIpc) is 3.25. The Morgan fingerprint density at radius 1 is 1.23 bits per heavy atom. The first kappa shape index (κ1) is 20.4. The van der Waals surface area contributed by atoms with Crippen LogP contribution in [0.1, 0.15) is 31.2 Å². The molecule has 0 aromatic heterocycles. The number of thioether (sulfide) groups is 1. The predicted octanol–water partition coefficient (Wildman–Crippen LogP) is 2.07. The maximum Gasteiger partial charge on any atom is 0.352 e. The summed E-state index contributed by atoms with van der Waals surface area (Å²) in [4.78, 5) is 48.5. The smallest absolute Gasteiger partial charge is 0.352 e. The Labute approximate surface area is 176 Å². The summed E-state index contributed by atoms with van der Waals surface area (Å²) in [6.07, 6.45) is 4.03. The van der Waals surface area contributed by atoms with Crippen LogP contribution in [0.15, 0.2) is 35.5 Å². The van der Waals surface area contributed by atoms with Crippen LogP contribution in [0.5, 0.6) is 0 Å². The van der Waals surface area contributed by atoms with Crippen LogP contribution in [-0.2, 0) is 20.8 Å². The lowest BCUT2D eigenvalue weighted by Gasteiger charge is -2.50. The molecule has 2 aliphatic heterocycles. The number of aliphatic carboxylic acids is 1. The van der Waals surface area contributed by atoms with E-state index in [1.807, 2.05) is 0 Å². The highest BCUT2D eigenvalue weighted by atomic mass is 32.2. The average molecular weight is 431 g/mol. The van der Waals surface area contributed by atoms with Crippen LogP contribution in [0.4, 0.5) is 5.69 Å². The van der Waals surface area contributed by atoms with E-state index in [2.05, 4.69) is 5.32 Å². The largest absolute Gasteiger partial charge is 0.477 e. The minimum absolute atomic E-state index is 0.0197. The number of β-lactam (4-membered cyclic amide) rings is 1. The molecule has 1 aromatic carbocycles. The molecule has 3 aliphatic rings. The van der Waals surface area contributed by atoms with Crippen molar-refractivity contribution in [2.75, 3.05) is 5.75 Å². The van der Waals surface area contributed by atoms with E-state index in [9.17, 15) is 29.6 Å². The van der Waals surface area contributed by atoms with Gasteiger partial charge in [-0.05, 0) is 29.9 Å². The van der Waals surface area contributed by atoms with Crippen molar-refractivity contribution >= 4 is 35.2 Å². The van der Waals surface area contributed by atoms with Crippen LogP contribution in [0.25, 0.3) is 0 Å². The van der Waals surface area contributed by atoms with Crippen LogP contribution in [-0.4, -0.2) is 49.9 Å². The van der Waals surface area contributed by atoms with E-state index in [1.165, 1.54) is 40.9 Å². The van der Waals surface area contributed by atoms with Crippen molar-refractivity contribution in [3.05, 3.63) is 51.2 Å². The molecule has 1 saturated heterocycles. The number of amides is 2. The van der Waals surface area contributed by atoms with Gasteiger partial charge >= 0.3 is 5.97 Å². The lowest BCUT2D eigenvalue weighted by atomic mass is 9.93. The molecule has 2 amide bonds. The molecule has 1 aromatic rings. The first-order chi connectivity index (χ1) is 14.4. The van der Waals surface area contributed by atoms with Gasteiger partial charge in [0.15, 0.2) is 0 Å². The van der Waals surface area contributed by atoms with Crippen molar-refractivity contribution in [1.29, 1.82) is 0 Å². The zero-order valence-electron chi connectivity index (χ0n) is 16.1. The van der Waals surface area contributed by atoms with Gasteiger partial charge in [0.1, 0.15) is 17.1 Å². The molecule has 30 heavy (non-hydrogen) atoms. The van der Waals surface area contributed by atoms with Crippen molar-refractivity contribution in [2.45, 2.75) is 43.5 Å². The second-order valence-electron chi connectivity index (χ2n) is 7.72. The minimum Gasteiger partial charge on any atom is -0.477 e. The normalized spacial score (nSPS) is 23.7. The Morgan fingerprint density at radius 2 is 1.90 bits per heavy atom. The number of nitrogens with one attached hydrogen (secondary N) is 1. The third-order valence-electron chi connectivity index (χ3n) is 5.88. The maximum atomic E-state index is 12.7. The number of non-ortho nitro benzene ring substituents is 1. The molecule has 2 atom stereocenters. The van der Waals surface area contributed by atoms with E-state index >= 15 is 0 Å². The first-order valence-corrected chi connectivity index (χ1v) is 10.9. The number of hydrogen-bond acceptors (Lipinski definition) is 6. The van der Waals surface area contributed by atoms with Crippen molar-refractivity contribution < 1.29 is 24.4 Å². The molecule has 4 rings (SSSR count). The molecule has 1 aliphatic carbocycles. The quantitative estimate of drug-likeness (QED) is 0.401. The summed E-state index contributed by atoms with van der Waals surface area (Å²) in [5.74, 6) is -1.11. The fourth-order valence-corrected chi connectivity index (χ4v) is 5.83. The highest BCUT2D eigenvalue weighted by Gasteiger charge is 2.54. The Hall–Kier alpha value is -2.88. The van der Waals surface area contributed by atoms with Crippen LogP contribution in [0.2, 0.25) is 0 Å². The second-order valence-corrected chi connectivity index (χ2v) is 8.82. The Kier molecular flexibility index (Phi) is 5.50. The summed E-state index contributed by atoms with van der Waals surface area (Å²) in [6.45, 7) is 0. The van der Waals surface area contributed by atoms with E-state index in [-0.39, 0.29) is 29.6 Å². The SMILES string of the molecule is O=C(Cc1ccc([N+](=O)[O-])cc1)N[C@H]1C(=O)N2C(C(=O)O)=C(C3CCCC3)CS[C@H]12. The number of fused-ring (bicyclic) bond motifs is 1. The van der Waals surface area contributed by atoms with Gasteiger partial charge in [0.25, 0.3) is 11.6 Å². The number of nitro benzene ring substituents is 1. The molecule has 10 heteroatoms. The van der Waals surface area contributed by atoms with E-state index in [0.29, 0.717) is 11.3 Å². The molecule has 158 valence electrons. The molecule has 1 saturated carbocycles. The zero-order chi connectivity index (χ0) is 21.4. The molecule has 9 nitrogen and oxygen atoms in total. The molecule has 0 bridgehead atoms. The van der Waals surface area contributed by atoms with Gasteiger partial charge in [-0.1, -0.05) is 25.0 Å².